The summed E-state index contributed by atoms with van der Waals surface area (Å²) in [6.45, 7) is 6.35. The lowest BCUT2D eigenvalue weighted by Gasteiger charge is -2.15. The van der Waals surface area contributed by atoms with E-state index in [1.54, 1.807) is 6.08 Å². The van der Waals surface area contributed by atoms with Gasteiger partial charge in [0, 0.05) is 6.61 Å². The molecule has 0 saturated carbocycles. The lowest BCUT2D eigenvalue weighted by molar-refractivity contribution is -0.148. The average molecular weight is 278 g/mol. The third-order valence-electron chi connectivity index (χ3n) is 1.68. The molecule has 17 heavy (non-hydrogen) atoms. The third kappa shape index (κ3) is 8.18. The van der Waals surface area contributed by atoms with Gasteiger partial charge in [0.2, 0.25) is 9.82 Å². The molecule has 0 fully saturated rings. The van der Waals surface area contributed by atoms with E-state index in [4.69, 9.17) is 21.7 Å². The van der Waals surface area contributed by atoms with E-state index in [-0.39, 0.29) is 4.38 Å². The number of allylic oxidation sites excluding steroid dienone is 1. The van der Waals surface area contributed by atoms with E-state index in [1.807, 2.05) is 6.92 Å². The minimum Gasteiger partial charge on any atom is -0.479 e. The highest BCUT2D eigenvalue weighted by Gasteiger charge is 2.23. The summed E-state index contributed by atoms with van der Waals surface area (Å²) in [4.78, 5) is 11.4. The van der Waals surface area contributed by atoms with Gasteiger partial charge in [-0.15, -0.1) is 6.58 Å². The first kappa shape index (κ1) is 16.4. The number of hydrogen-bond acceptors (Lipinski definition) is 6. The van der Waals surface area contributed by atoms with Crippen LogP contribution in [-0.2, 0) is 19.0 Å². The quantitative estimate of drug-likeness (QED) is 0.223. The lowest BCUT2D eigenvalue weighted by atomic mass is 10.3. The molecule has 0 rings (SSSR count). The first-order valence-electron chi connectivity index (χ1n) is 5.29. The van der Waals surface area contributed by atoms with E-state index in [9.17, 15) is 4.79 Å². The zero-order valence-corrected chi connectivity index (χ0v) is 11.8. The minimum absolute atomic E-state index is 0.284. The highest BCUT2D eigenvalue weighted by atomic mass is 32.2. The van der Waals surface area contributed by atoms with Crippen LogP contribution in [0.3, 0.4) is 0 Å². The Hall–Kier alpha value is -0.590. The van der Waals surface area contributed by atoms with E-state index in [2.05, 4.69) is 11.3 Å². The molecular weight excluding hydrogens is 260 g/mol. The van der Waals surface area contributed by atoms with E-state index in [0.29, 0.717) is 13.2 Å². The normalized spacial score (nSPS) is 11.6. The molecule has 6 heteroatoms. The zero-order chi connectivity index (χ0) is 13.1. The number of rotatable bonds is 8. The Morgan fingerprint density at radius 2 is 2.29 bits per heavy atom. The molecular formula is C11H18O4S2. The summed E-state index contributed by atoms with van der Waals surface area (Å²) in [5.41, 5.74) is -0.760. The molecule has 0 radical (unpaired) electrons. The molecule has 0 N–H and O–H groups in total. The van der Waals surface area contributed by atoms with Crippen LogP contribution in [0.1, 0.15) is 19.8 Å². The number of carbonyl (C=O) groups is 1. The predicted octanol–water partition coefficient (Wildman–Crippen LogP) is 2.52. The Balaban J connectivity index is 4.09. The van der Waals surface area contributed by atoms with Gasteiger partial charge >= 0.3 is 5.97 Å². The third-order valence-corrected chi connectivity index (χ3v) is 2.94. The Morgan fingerprint density at radius 3 is 2.82 bits per heavy atom. The van der Waals surface area contributed by atoms with Crippen molar-refractivity contribution in [3.8, 4) is 0 Å². The first-order chi connectivity index (χ1) is 8.15. The molecule has 0 aliphatic rings. The number of hydrogen-bond donors (Lipinski definition) is 0. The maximum atomic E-state index is 11.4. The number of thioether (sulfide) groups is 1. The number of unbranched alkanes of at least 4 members (excludes halogenated alkanes) is 1. The van der Waals surface area contributed by atoms with Gasteiger partial charge in [-0.25, -0.2) is 4.79 Å². The van der Waals surface area contributed by atoms with Crippen molar-refractivity contribution in [3.05, 3.63) is 12.7 Å². The van der Waals surface area contributed by atoms with Crippen LogP contribution >= 0.6 is 24.0 Å². The number of carbonyl (C=O) groups excluding carboxylic acids is 1. The maximum Gasteiger partial charge on any atom is 0.346 e. The second-order valence-corrected chi connectivity index (χ2v) is 4.62. The Labute approximate surface area is 112 Å². The summed E-state index contributed by atoms with van der Waals surface area (Å²) in [5, 5.41) is 0. The number of thiocarbonyl (C=S) groups is 1. The molecule has 0 saturated heterocycles. The van der Waals surface area contributed by atoms with E-state index in [0.717, 1.165) is 24.6 Å². The van der Waals surface area contributed by atoms with Crippen molar-refractivity contribution in [1.29, 1.82) is 0 Å². The van der Waals surface area contributed by atoms with Crippen molar-refractivity contribution in [2.75, 3.05) is 20.3 Å². The maximum absolute atomic E-state index is 11.4. The molecule has 0 aliphatic carbocycles. The zero-order valence-electron chi connectivity index (χ0n) is 10.1. The fourth-order valence-corrected chi connectivity index (χ4v) is 2.00. The van der Waals surface area contributed by atoms with Crippen LogP contribution in [0.15, 0.2) is 12.7 Å². The second-order valence-electron chi connectivity index (χ2n) is 2.96. The van der Waals surface area contributed by atoms with Crippen LogP contribution in [0.5, 0.6) is 0 Å². The van der Waals surface area contributed by atoms with Gasteiger partial charge in [0.05, 0.1) is 13.7 Å². The van der Waals surface area contributed by atoms with Crippen LogP contribution in [0, 0.1) is 0 Å². The summed E-state index contributed by atoms with van der Waals surface area (Å²) in [6.07, 6.45) is 3.45. The van der Waals surface area contributed by atoms with Crippen LogP contribution in [0.2, 0.25) is 0 Å². The van der Waals surface area contributed by atoms with Gasteiger partial charge < -0.3 is 14.2 Å². The summed E-state index contributed by atoms with van der Waals surface area (Å²) in [7, 11) is 1.31. The van der Waals surface area contributed by atoms with Gasteiger partial charge in [-0.1, -0.05) is 6.08 Å². The lowest BCUT2D eigenvalue weighted by Crippen LogP contribution is -2.24. The monoisotopic (exact) mass is 278 g/mol. The smallest absolute Gasteiger partial charge is 0.346 e. The Morgan fingerprint density at radius 1 is 1.59 bits per heavy atom. The fourth-order valence-electron chi connectivity index (χ4n) is 0.904. The van der Waals surface area contributed by atoms with E-state index >= 15 is 0 Å². The van der Waals surface area contributed by atoms with Gasteiger partial charge in [-0.05, 0) is 43.7 Å². The minimum atomic E-state index is -0.760. The van der Waals surface area contributed by atoms with E-state index in [1.165, 1.54) is 7.11 Å². The molecule has 98 valence electrons. The topological polar surface area (TPSA) is 44.8 Å². The van der Waals surface area contributed by atoms with Crippen molar-refractivity contribution in [1.82, 2.24) is 0 Å². The standard InChI is InChI=1S/C11H18O4S2/c1-4-6-7-8-15-10(9(12)13-3)17-11(16)14-5-2/h4,10H,1,5-8H2,2-3H3. The molecule has 0 aromatic heterocycles. The van der Waals surface area contributed by atoms with Gasteiger partial charge in [0.15, 0.2) is 0 Å². The van der Waals surface area contributed by atoms with Crippen LogP contribution < -0.4 is 0 Å². The SMILES string of the molecule is C=CCCCOC(SC(=S)OCC)C(=O)OC. The van der Waals surface area contributed by atoms with Crippen LogP contribution in [0.4, 0.5) is 0 Å². The number of esters is 1. The molecule has 1 atom stereocenters. The molecule has 0 aromatic carbocycles. The summed E-state index contributed by atoms with van der Waals surface area (Å²) in [5.74, 6) is -0.462. The summed E-state index contributed by atoms with van der Waals surface area (Å²) >= 11 is 5.98. The predicted molar refractivity (Wildman–Crippen MR) is 73.0 cm³/mol. The van der Waals surface area contributed by atoms with Crippen molar-refractivity contribution in [2.24, 2.45) is 0 Å². The highest BCUT2D eigenvalue weighted by Crippen LogP contribution is 2.17. The molecule has 0 spiro atoms. The Kier molecular flexibility index (Phi) is 10.2. The molecule has 4 nitrogen and oxygen atoms in total. The van der Waals surface area contributed by atoms with Gasteiger partial charge in [-0.2, -0.15) is 0 Å². The molecule has 0 heterocycles. The van der Waals surface area contributed by atoms with E-state index < -0.39 is 11.4 Å². The van der Waals surface area contributed by atoms with Crippen molar-refractivity contribution >= 4 is 34.3 Å². The summed E-state index contributed by atoms with van der Waals surface area (Å²) < 4.78 is 15.4. The number of methoxy groups -OCH3 is 1. The van der Waals surface area contributed by atoms with Crippen LogP contribution in [-0.4, -0.2) is 36.1 Å². The first-order valence-corrected chi connectivity index (χ1v) is 6.58. The molecule has 0 aliphatic heterocycles. The molecule has 0 aromatic rings. The van der Waals surface area contributed by atoms with Crippen molar-refractivity contribution < 1.29 is 19.0 Å². The van der Waals surface area contributed by atoms with Crippen molar-refractivity contribution in [3.63, 3.8) is 0 Å². The average Bonchev–Trinajstić information content (AvgIpc) is 2.32. The Bertz CT molecular complexity index is 256. The largest absolute Gasteiger partial charge is 0.479 e. The van der Waals surface area contributed by atoms with Crippen LogP contribution in [0.25, 0.3) is 0 Å². The van der Waals surface area contributed by atoms with Gasteiger partial charge in [-0.3, -0.25) is 0 Å². The van der Waals surface area contributed by atoms with Crippen molar-refractivity contribution in [2.45, 2.75) is 25.2 Å². The fraction of sp³-hybridized carbons (Fsp3) is 0.636. The molecule has 0 bridgehead atoms. The molecule has 1 unspecified atom stereocenters. The van der Waals surface area contributed by atoms with Gasteiger partial charge in [0.1, 0.15) is 0 Å². The summed E-state index contributed by atoms with van der Waals surface area (Å²) in [6, 6.07) is 0. The van der Waals surface area contributed by atoms with Gasteiger partial charge in [0.25, 0.3) is 0 Å². The molecule has 0 amide bonds. The number of ether oxygens (including phenoxy) is 3. The second kappa shape index (κ2) is 10.6. The highest BCUT2D eigenvalue weighted by molar-refractivity contribution is 8.23.